The highest BCUT2D eigenvalue weighted by Gasteiger charge is 2.51. The van der Waals surface area contributed by atoms with Gasteiger partial charge in [-0.2, -0.15) is 0 Å². The van der Waals surface area contributed by atoms with Gasteiger partial charge in [-0.05, 0) is 6.92 Å². The fourth-order valence-corrected chi connectivity index (χ4v) is 4.75. The molecule has 15 unspecified atom stereocenters. The van der Waals surface area contributed by atoms with E-state index in [1.54, 1.807) is 6.92 Å². The lowest BCUT2D eigenvalue weighted by Gasteiger charge is -2.47. The van der Waals surface area contributed by atoms with Crippen molar-refractivity contribution in [3.8, 4) is 0 Å². The van der Waals surface area contributed by atoms with E-state index in [2.05, 4.69) is 0 Å². The first kappa shape index (κ1) is 31.9. The number of hydrogen-bond acceptors (Lipinski definition) is 16. The van der Waals surface area contributed by atoms with Crippen molar-refractivity contribution in [2.24, 2.45) is 11.7 Å². The Kier molecular flexibility index (Phi) is 12.0. The van der Waals surface area contributed by atoms with E-state index >= 15 is 0 Å². The molecule has 38 heavy (non-hydrogen) atoms. The molecule has 0 aromatic rings. The monoisotopic (exact) mass is 559 g/mol. The van der Waals surface area contributed by atoms with Crippen LogP contribution in [0.1, 0.15) is 6.92 Å². The van der Waals surface area contributed by atoms with Crippen LogP contribution in [-0.2, 0) is 28.4 Å². The predicted octanol–water partition coefficient (Wildman–Crippen LogP) is -6.27. The van der Waals surface area contributed by atoms with E-state index in [0.29, 0.717) is 0 Å². The third-order valence-electron chi connectivity index (χ3n) is 7.10. The first-order chi connectivity index (χ1) is 18.0. The second-order valence-electron chi connectivity index (χ2n) is 9.73. The molecular weight excluding hydrogens is 518 g/mol. The van der Waals surface area contributed by atoms with Crippen molar-refractivity contribution in [3.05, 3.63) is 0 Å². The van der Waals surface area contributed by atoms with Gasteiger partial charge in [0.1, 0.15) is 54.9 Å². The molecule has 3 fully saturated rings. The highest BCUT2D eigenvalue weighted by atomic mass is 16.7. The second-order valence-corrected chi connectivity index (χ2v) is 9.73. The maximum absolute atomic E-state index is 10.7. The average molecular weight is 560 g/mol. The largest absolute Gasteiger partial charge is 0.396 e. The van der Waals surface area contributed by atoms with Crippen LogP contribution in [0, 0.1) is 5.92 Å². The zero-order valence-corrected chi connectivity index (χ0v) is 21.0. The number of ether oxygens (including phenoxy) is 6. The minimum atomic E-state index is -1.70. The molecule has 0 aliphatic carbocycles. The maximum atomic E-state index is 10.7. The van der Waals surface area contributed by atoms with Crippen LogP contribution in [-0.4, -0.2) is 171 Å². The molecule has 0 saturated carbocycles. The summed E-state index contributed by atoms with van der Waals surface area (Å²) in [5, 5.41) is 91.5. The number of aliphatic hydroxyl groups excluding tert-OH is 9. The summed E-state index contributed by atoms with van der Waals surface area (Å²) in [6.07, 6.45) is -19.5. The number of nitrogens with two attached hydrogens (primary N) is 1. The van der Waals surface area contributed by atoms with Crippen molar-refractivity contribution < 1.29 is 74.4 Å². The molecular formula is C22H41NO15. The average Bonchev–Trinajstić information content (AvgIpc) is 2.90. The quantitative estimate of drug-likeness (QED) is 0.105. The molecule has 0 aromatic carbocycles. The normalized spacial score (nSPS) is 48.2. The number of rotatable bonds is 11. The third-order valence-corrected chi connectivity index (χ3v) is 7.10. The highest BCUT2D eigenvalue weighted by Crippen LogP contribution is 2.32. The molecule has 0 bridgehead atoms. The van der Waals surface area contributed by atoms with Gasteiger partial charge in [-0.3, -0.25) is 0 Å². The lowest BCUT2D eigenvalue weighted by Crippen LogP contribution is -2.64. The van der Waals surface area contributed by atoms with E-state index in [4.69, 9.17) is 34.2 Å². The van der Waals surface area contributed by atoms with Gasteiger partial charge in [-0.15, -0.1) is 0 Å². The third kappa shape index (κ3) is 6.98. The molecule has 3 aliphatic rings. The number of aliphatic hydroxyl groups is 9. The molecule has 0 radical (unpaired) electrons. The van der Waals surface area contributed by atoms with E-state index in [0.717, 1.165) is 0 Å². The van der Waals surface area contributed by atoms with Gasteiger partial charge in [0.05, 0.1) is 51.3 Å². The first-order valence-corrected chi connectivity index (χ1v) is 12.5. The fraction of sp³-hybridized carbons (Fsp3) is 1.00. The molecule has 16 nitrogen and oxygen atoms in total. The van der Waals surface area contributed by atoms with Crippen molar-refractivity contribution in [1.82, 2.24) is 0 Å². The molecule has 224 valence electrons. The Morgan fingerprint density at radius 2 is 1.32 bits per heavy atom. The van der Waals surface area contributed by atoms with Crippen LogP contribution in [0.4, 0.5) is 0 Å². The van der Waals surface area contributed by atoms with Crippen LogP contribution < -0.4 is 5.73 Å². The van der Waals surface area contributed by atoms with Crippen molar-refractivity contribution >= 4 is 0 Å². The lowest BCUT2D eigenvalue weighted by molar-refractivity contribution is -0.349. The van der Waals surface area contributed by atoms with Gasteiger partial charge in [0.25, 0.3) is 0 Å². The van der Waals surface area contributed by atoms with Gasteiger partial charge in [-0.25, -0.2) is 0 Å². The van der Waals surface area contributed by atoms with Gasteiger partial charge in [-0.1, -0.05) is 0 Å². The van der Waals surface area contributed by atoms with Crippen molar-refractivity contribution in [2.75, 3.05) is 39.6 Å². The summed E-state index contributed by atoms with van der Waals surface area (Å²) >= 11 is 0. The van der Waals surface area contributed by atoms with Crippen molar-refractivity contribution in [3.63, 3.8) is 0 Å². The van der Waals surface area contributed by atoms with Crippen molar-refractivity contribution in [2.45, 2.75) is 92.8 Å². The molecule has 0 spiro atoms. The summed E-state index contributed by atoms with van der Waals surface area (Å²) in [5.74, 6) is -1.09. The Bertz CT molecular complexity index is 706. The smallest absolute Gasteiger partial charge is 0.187 e. The fourth-order valence-electron chi connectivity index (χ4n) is 4.75. The van der Waals surface area contributed by atoms with Crippen LogP contribution in [0.2, 0.25) is 0 Å². The van der Waals surface area contributed by atoms with Gasteiger partial charge < -0.3 is 80.1 Å². The van der Waals surface area contributed by atoms with Crippen LogP contribution in [0.25, 0.3) is 0 Å². The van der Waals surface area contributed by atoms with Crippen LogP contribution in [0.5, 0.6) is 0 Å². The van der Waals surface area contributed by atoms with E-state index in [1.807, 2.05) is 0 Å². The van der Waals surface area contributed by atoms with Crippen LogP contribution in [0.3, 0.4) is 0 Å². The maximum Gasteiger partial charge on any atom is 0.187 e. The van der Waals surface area contributed by atoms with E-state index in [1.165, 1.54) is 0 Å². The van der Waals surface area contributed by atoms with Gasteiger partial charge in [0, 0.05) is 12.5 Å². The Labute approximate surface area is 219 Å². The molecule has 3 aliphatic heterocycles. The molecule has 16 heteroatoms. The first-order valence-electron chi connectivity index (χ1n) is 12.5. The van der Waals surface area contributed by atoms with Gasteiger partial charge in [0.2, 0.25) is 0 Å². The summed E-state index contributed by atoms with van der Waals surface area (Å²) in [6.45, 7) is 0.138. The number of hydrogen-bond donors (Lipinski definition) is 10. The molecule has 3 rings (SSSR count). The van der Waals surface area contributed by atoms with E-state index in [-0.39, 0.29) is 19.8 Å². The summed E-state index contributed by atoms with van der Waals surface area (Å²) in [6, 6.07) is 0. The second kappa shape index (κ2) is 14.3. The molecule has 0 amide bonds. The summed E-state index contributed by atoms with van der Waals surface area (Å²) < 4.78 is 33.4. The Morgan fingerprint density at radius 1 is 0.658 bits per heavy atom. The summed E-state index contributed by atoms with van der Waals surface area (Å²) in [5.41, 5.74) is 5.44. The molecule has 0 aromatic heterocycles. The zero-order chi connectivity index (χ0) is 28.1. The molecule has 3 heterocycles. The van der Waals surface area contributed by atoms with E-state index in [9.17, 15) is 46.0 Å². The minimum absolute atomic E-state index is 0.0652. The Balaban J connectivity index is 1.71. The zero-order valence-electron chi connectivity index (χ0n) is 21.0. The molecule has 15 atom stereocenters. The Hall–Kier alpha value is -0.640. The van der Waals surface area contributed by atoms with Crippen LogP contribution >= 0.6 is 0 Å². The minimum Gasteiger partial charge on any atom is -0.396 e. The van der Waals surface area contributed by atoms with Gasteiger partial charge >= 0.3 is 0 Å². The highest BCUT2D eigenvalue weighted by molar-refractivity contribution is 4.95. The Morgan fingerprint density at radius 3 is 1.95 bits per heavy atom. The van der Waals surface area contributed by atoms with E-state index < -0.39 is 112 Å². The van der Waals surface area contributed by atoms with Crippen LogP contribution in [0.15, 0.2) is 0 Å². The molecule has 3 saturated heterocycles. The van der Waals surface area contributed by atoms with Crippen molar-refractivity contribution in [1.29, 1.82) is 0 Å². The molecule has 11 N–H and O–H groups in total. The topological polar surface area (TPSA) is 263 Å². The lowest BCUT2D eigenvalue weighted by atomic mass is 9.89. The summed E-state index contributed by atoms with van der Waals surface area (Å²) in [4.78, 5) is 0. The van der Waals surface area contributed by atoms with Gasteiger partial charge in [0.15, 0.2) is 12.6 Å². The summed E-state index contributed by atoms with van der Waals surface area (Å²) in [7, 11) is 0. The SMILES string of the molecule is CC1OC(COCCN)C(OC2OC(COC3OC(CO)C(O)C(O)C3O)C(CO)C(O)C2O)C(O)C1O. The standard InChI is InChI=1S/C22H41NO15/c1-8-13(26)17(30)20(12(35-8)6-33-3-2-23)38-22-18(31)14(27)9(4-24)11(37-22)7-34-21-19(32)16(29)15(28)10(5-25)36-21/h8-22,24-32H,2-7,23H2,1H3. The predicted molar refractivity (Wildman–Crippen MR) is 122 cm³/mol.